The highest BCUT2D eigenvalue weighted by molar-refractivity contribution is 6.30. The molecule has 0 atom stereocenters. The van der Waals surface area contributed by atoms with Gasteiger partial charge in [-0.3, -0.25) is 0 Å². The van der Waals surface area contributed by atoms with Crippen LogP contribution in [0.3, 0.4) is 0 Å². The van der Waals surface area contributed by atoms with Gasteiger partial charge in [-0.15, -0.1) is 0 Å². The van der Waals surface area contributed by atoms with Gasteiger partial charge in [-0.1, -0.05) is 48.0 Å². The molecule has 0 saturated carbocycles. The van der Waals surface area contributed by atoms with Gasteiger partial charge >= 0.3 is 0 Å². The molecule has 0 saturated heterocycles. The lowest BCUT2D eigenvalue weighted by atomic mass is 10.1. The minimum absolute atomic E-state index is 0.258. The molecule has 1 aromatic carbocycles. The third kappa shape index (κ3) is 2.06. The van der Waals surface area contributed by atoms with Gasteiger partial charge in [0.15, 0.2) is 5.65 Å². The van der Waals surface area contributed by atoms with Gasteiger partial charge < -0.3 is 0 Å². The Morgan fingerprint density at radius 3 is 2.52 bits per heavy atom. The number of nitrogens with zero attached hydrogens (tertiary/aromatic N) is 3. The second-order valence-electron chi connectivity index (χ2n) is 4.97. The monoisotopic (exact) mass is 293 g/mol. The molecule has 0 fully saturated rings. The summed E-state index contributed by atoms with van der Waals surface area (Å²) in [7, 11) is 0. The van der Waals surface area contributed by atoms with Crippen molar-refractivity contribution in [2.24, 2.45) is 0 Å². The normalized spacial score (nSPS) is 14.3. The third-order valence-corrected chi connectivity index (χ3v) is 3.93. The van der Waals surface area contributed by atoms with Crippen LogP contribution < -0.4 is 0 Å². The van der Waals surface area contributed by atoms with Gasteiger partial charge in [0.05, 0.1) is 11.9 Å². The van der Waals surface area contributed by atoms with E-state index in [4.69, 9.17) is 11.6 Å². The molecule has 0 spiro atoms. The van der Waals surface area contributed by atoms with Crippen molar-refractivity contribution >= 4 is 17.2 Å². The smallest absolute Gasteiger partial charge is 0.163 e. The summed E-state index contributed by atoms with van der Waals surface area (Å²) in [5.41, 5.74) is 4.06. The molecular weight excluding hydrogens is 282 g/mol. The van der Waals surface area contributed by atoms with E-state index in [1.807, 2.05) is 47.2 Å². The van der Waals surface area contributed by atoms with Crippen molar-refractivity contribution in [1.29, 1.82) is 0 Å². The van der Waals surface area contributed by atoms with E-state index in [-0.39, 0.29) is 5.92 Å². The van der Waals surface area contributed by atoms with Crippen LogP contribution in [0.15, 0.2) is 67.0 Å². The van der Waals surface area contributed by atoms with E-state index in [1.54, 1.807) is 0 Å². The SMILES string of the molecule is Clc1ccc(-c2cnn3c(C4C=CC=C4)ccnc23)cc1. The average Bonchev–Trinajstić information content (AvgIpc) is 3.17. The number of fused-ring (bicyclic) bond motifs is 1. The summed E-state index contributed by atoms with van der Waals surface area (Å²) >= 11 is 5.95. The van der Waals surface area contributed by atoms with Gasteiger partial charge in [0, 0.05) is 22.7 Å². The number of allylic oxidation sites excluding steroid dienone is 4. The van der Waals surface area contributed by atoms with Crippen LogP contribution in [-0.4, -0.2) is 14.6 Å². The molecule has 1 aliphatic carbocycles. The predicted molar refractivity (Wildman–Crippen MR) is 84.5 cm³/mol. The lowest BCUT2D eigenvalue weighted by molar-refractivity contribution is 0.837. The molecule has 1 aliphatic rings. The van der Waals surface area contributed by atoms with Crippen molar-refractivity contribution < 1.29 is 0 Å². The van der Waals surface area contributed by atoms with Crippen molar-refractivity contribution in [3.05, 3.63) is 77.7 Å². The van der Waals surface area contributed by atoms with Crippen molar-refractivity contribution in [3.63, 3.8) is 0 Å². The van der Waals surface area contributed by atoms with Crippen LogP contribution in [-0.2, 0) is 0 Å². The van der Waals surface area contributed by atoms with Gasteiger partial charge in [0.25, 0.3) is 0 Å². The molecule has 0 N–H and O–H groups in total. The fraction of sp³-hybridized carbons (Fsp3) is 0.0588. The van der Waals surface area contributed by atoms with E-state index in [2.05, 4.69) is 34.4 Å². The average molecular weight is 294 g/mol. The number of hydrogen-bond acceptors (Lipinski definition) is 2. The Morgan fingerprint density at radius 1 is 1.00 bits per heavy atom. The first-order valence-corrected chi connectivity index (χ1v) is 7.14. The molecule has 3 nitrogen and oxygen atoms in total. The maximum atomic E-state index is 5.95. The molecule has 0 radical (unpaired) electrons. The molecule has 0 unspecified atom stereocenters. The topological polar surface area (TPSA) is 30.2 Å². The Balaban J connectivity index is 1.89. The van der Waals surface area contributed by atoms with Crippen LogP contribution in [0.2, 0.25) is 5.02 Å². The maximum absolute atomic E-state index is 5.95. The van der Waals surface area contributed by atoms with Crippen LogP contribution in [0.1, 0.15) is 11.6 Å². The van der Waals surface area contributed by atoms with Crippen LogP contribution in [0, 0.1) is 0 Å². The molecule has 2 aromatic heterocycles. The van der Waals surface area contributed by atoms with E-state index in [0.29, 0.717) is 0 Å². The Morgan fingerprint density at radius 2 is 1.76 bits per heavy atom. The summed E-state index contributed by atoms with van der Waals surface area (Å²) in [5, 5.41) is 5.24. The van der Waals surface area contributed by atoms with Crippen LogP contribution in [0.4, 0.5) is 0 Å². The number of hydrogen-bond donors (Lipinski definition) is 0. The second kappa shape index (κ2) is 4.86. The maximum Gasteiger partial charge on any atom is 0.163 e. The zero-order valence-electron chi connectivity index (χ0n) is 11.1. The Bertz CT molecular complexity index is 847. The van der Waals surface area contributed by atoms with E-state index < -0.39 is 0 Å². The number of halogens is 1. The highest BCUT2D eigenvalue weighted by Crippen LogP contribution is 2.28. The van der Waals surface area contributed by atoms with Crippen LogP contribution in [0.5, 0.6) is 0 Å². The van der Waals surface area contributed by atoms with E-state index >= 15 is 0 Å². The lowest BCUT2D eigenvalue weighted by Gasteiger charge is -2.08. The van der Waals surface area contributed by atoms with Crippen LogP contribution in [0.25, 0.3) is 16.8 Å². The Hall–Kier alpha value is -2.39. The molecule has 4 rings (SSSR count). The lowest BCUT2D eigenvalue weighted by Crippen LogP contribution is -2.02. The van der Waals surface area contributed by atoms with Gasteiger partial charge in [0.1, 0.15) is 0 Å². The van der Waals surface area contributed by atoms with Crippen molar-refractivity contribution in [2.75, 3.05) is 0 Å². The summed E-state index contributed by atoms with van der Waals surface area (Å²) in [5.74, 6) is 0.258. The minimum Gasteiger partial charge on any atom is -0.236 e. The number of rotatable bonds is 2. The Labute approximate surface area is 127 Å². The fourth-order valence-electron chi connectivity index (χ4n) is 2.62. The largest absolute Gasteiger partial charge is 0.236 e. The molecule has 4 heteroatoms. The second-order valence-corrected chi connectivity index (χ2v) is 5.40. The zero-order valence-corrected chi connectivity index (χ0v) is 11.9. The molecule has 21 heavy (non-hydrogen) atoms. The van der Waals surface area contributed by atoms with Gasteiger partial charge in [-0.2, -0.15) is 5.10 Å². The summed E-state index contributed by atoms with van der Waals surface area (Å²) in [6, 6.07) is 9.75. The molecule has 0 aliphatic heterocycles. The van der Waals surface area contributed by atoms with E-state index in [0.717, 1.165) is 27.5 Å². The molecular formula is C17H12ClN3. The van der Waals surface area contributed by atoms with E-state index in [1.165, 1.54) is 0 Å². The summed E-state index contributed by atoms with van der Waals surface area (Å²) in [4.78, 5) is 4.49. The quantitative estimate of drug-likeness (QED) is 0.707. The summed E-state index contributed by atoms with van der Waals surface area (Å²) in [6.45, 7) is 0. The zero-order chi connectivity index (χ0) is 14.2. The first-order valence-electron chi connectivity index (χ1n) is 6.76. The van der Waals surface area contributed by atoms with Crippen molar-refractivity contribution in [3.8, 4) is 11.1 Å². The van der Waals surface area contributed by atoms with Crippen molar-refractivity contribution in [1.82, 2.24) is 14.6 Å². The highest BCUT2D eigenvalue weighted by Gasteiger charge is 2.15. The predicted octanol–water partition coefficient (Wildman–Crippen LogP) is 4.26. The third-order valence-electron chi connectivity index (χ3n) is 3.68. The summed E-state index contributed by atoms with van der Waals surface area (Å²) in [6.07, 6.45) is 12.1. The first-order chi connectivity index (χ1) is 10.3. The molecule has 0 amide bonds. The highest BCUT2D eigenvalue weighted by atomic mass is 35.5. The van der Waals surface area contributed by atoms with Gasteiger partial charge in [-0.25, -0.2) is 9.50 Å². The van der Waals surface area contributed by atoms with Gasteiger partial charge in [0.2, 0.25) is 0 Å². The number of aromatic nitrogens is 3. The fourth-order valence-corrected chi connectivity index (χ4v) is 2.75. The molecule has 2 heterocycles. The first kappa shape index (κ1) is 12.4. The van der Waals surface area contributed by atoms with Crippen LogP contribution >= 0.6 is 11.6 Å². The standard InChI is InChI=1S/C17H12ClN3/c18-14-7-5-12(6-8-14)15-11-20-21-16(9-10-19-17(15)21)13-3-1-2-4-13/h1-11,13H. The Kier molecular flexibility index (Phi) is 2.86. The van der Waals surface area contributed by atoms with E-state index in [9.17, 15) is 0 Å². The molecule has 102 valence electrons. The van der Waals surface area contributed by atoms with Gasteiger partial charge in [-0.05, 0) is 23.8 Å². The molecule has 3 aromatic rings. The minimum atomic E-state index is 0.258. The summed E-state index contributed by atoms with van der Waals surface area (Å²) < 4.78 is 1.91. The number of benzene rings is 1. The molecule has 0 bridgehead atoms. The van der Waals surface area contributed by atoms with Crippen molar-refractivity contribution in [2.45, 2.75) is 5.92 Å².